The molecule has 0 aliphatic heterocycles. The van der Waals surface area contributed by atoms with Crippen LogP contribution in [0.5, 0.6) is 5.75 Å². The summed E-state index contributed by atoms with van der Waals surface area (Å²) in [4.78, 5) is 21.2. The van der Waals surface area contributed by atoms with Crippen molar-refractivity contribution in [1.29, 1.82) is 0 Å². The van der Waals surface area contributed by atoms with Crippen LogP contribution in [0.1, 0.15) is 18.4 Å². The van der Waals surface area contributed by atoms with Crippen LogP contribution >= 0.6 is 0 Å². The second-order valence-electron chi connectivity index (χ2n) is 7.97. The minimum atomic E-state index is -0.711. The van der Waals surface area contributed by atoms with Crippen LogP contribution in [0.15, 0.2) is 71.8 Å². The van der Waals surface area contributed by atoms with Crippen molar-refractivity contribution >= 4 is 0 Å². The summed E-state index contributed by atoms with van der Waals surface area (Å²) in [5, 5.41) is 7.40. The summed E-state index contributed by atoms with van der Waals surface area (Å²) in [7, 11) is 1.92. The summed E-state index contributed by atoms with van der Waals surface area (Å²) >= 11 is 0. The molecule has 4 rings (SSSR count). The Morgan fingerprint density at radius 1 is 0.943 bits per heavy atom. The number of halogens is 2. The Balaban J connectivity index is 1.48. The lowest BCUT2D eigenvalue weighted by Crippen LogP contribution is -2.22. The summed E-state index contributed by atoms with van der Waals surface area (Å²) in [6.07, 6.45) is 5.25. The second kappa shape index (κ2) is 11.4. The first-order valence-electron chi connectivity index (χ1n) is 11.3. The van der Waals surface area contributed by atoms with Crippen molar-refractivity contribution in [1.82, 2.24) is 25.1 Å². The summed E-state index contributed by atoms with van der Waals surface area (Å²) in [5.74, 6) is -0.288. The largest absolute Gasteiger partial charge is 0.490 e. The summed E-state index contributed by atoms with van der Waals surface area (Å²) in [6, 6.07) is 13.4. The average Bonchev–Trinajstić information content (AvgIpc) is 2.85. The van der Waals surface area contributed by atoms with Crippen molar-refractivity contribution in [3.05, 3.63) is 94.5 Å². The van der Waals surface area contributed by atoms with Gasteiger partial charge in [0.05, 0.1) is 31.2 Å². The number of hydrogen-bond acceptors (Lipinski definition) is 6. The van der Waals surface area contributed by atoms with Gasteiger partial charge in [-0.05, 0) is 56.3 Å². The van der Waals surface area contributed by atoms with Gasteiger partial charge in [-0.2, -0.15) is 5.10 Å². The molecule has 0 atom stereocenters. The molecule has 0 spiro atoms. The number of unbranched alkanes of at least 4 members (excludes halogenated alkanes) is 1. The maximum atomic E-state index is 13.6. The highest BCUT2D eigenvalue weighted by molar-refractivity contribution is 5.58. The lowest BCUT2D eigenvalue weighted by Gasteiger charge is -2.09. The zero-order valence-corrected chi connectivity index (χ0v) is 19.2. The molecule has 35 heavy (non-hydrogen) atoms. The standard InChI is InChI=1S/C26H25F2N5O2/c1-29-9-2-3-10-35-23-15-30-26(31-16-23)19-6-4-5-18(11-19)17-33-25(34)8-7-24(32-33)20-12-21(27)14-22(28)13-20/h4-8,11-16,29H,2-3,9-10,17H2,1H3. The Morgan fingerprint density at radius 2 is 1.71 bits per heavy atom. The monoisotopic (exact) mass is 477 g/mol. The van der Waals surface area contributed by atoms with Crippen LogP contribution in [0, 0.1) is 11.6 Å². The molecule has 0 bridgehead atoms. The van der Waals surface area contributed by atoms with E-state index in [-0.39, 0.29) is 17.7 Å². The van der Waals surface area contributed by atoms with Crippen LogP contribution < -0.4 is 15.6 Å². The molecular weight excluding hydrogens is 452 g/mol. The quantitative estimate of drug-likeness (QED) is 0.347. The molecule has 0 aliphatic carbocycles. The Labute approximate surface area is 201 Å². The van der Waals surface area contributed by atoms with Gasteiger partial charge < -0.3 is 10.1 Å². The fourth-order valence-electron chi connectivity index (χ4n) is 3.53. The van der Waals surface area contributed by atoms with E-state index in [0.717, 1.165) is 36.6 Å². The molecule has 0 saturated carbocycles. The van der Waals surface area contributed by atoms with Gasteiger partial charge in [-0.25, -0.2) is 23.4 Å². The normalized spacial score (nSPS) is 10.9. The van der Waals surface area contributed by atoms with Gasteiger partial charge in [0.1, 0.15) is 11.6 Å². The minimum Gasteiger partial charge on any atom is -0.490 e. The lowest BCUT2D eigenvalue weighted by atomic mass is 10.1. The van der Waals surface area contributed by atoms with Crippen molar-refractivity contribution in [3.63, 3.8) is 0 Å². The molecule has 9 heteroatoms. The van der Waals surface area contributed by atoms with Crippen molar-refractivity contribution < 1.29 is 13.5 Å². The van der Waals surface area contributed by atoms with Gasteiger partial charge in [-0.3, -0.25) is 4.79 Å². The smallest absolute Gasteiger partial charge is 0.267 e. The highest BCUT2D eigenvalue weighted by atomic mass is 19.1. The van der Waals surface area contributed by atoms with Gasteiger partial charge in [0, 0.05) is 23.3 Å². The second-order valence-corrected chi connectivity index (χ2v) is 7.97. The van der Waals surface area contributed by atoms with Crippen LogP contribution in [-0.4, -0.2) is 39.9 Å². The molecule has 2 heterocycles. The molecule has 1 N–H and O–H groups in total. The van der Waals surface area contributed by atoms with E-state index in [1.165, 1.54) is 28.9 Å². The van der Waals surface area contributed by atoms with E-state index in [0.29, 0.717) is 23.9 Å². The van der Waals surface area contributed by atoms with Crippen molar-refractivity contribution in [2.24, 2.45) is 0 Å². The molecule has 0 unspecified atom stereocenters. The molecule has 0 saturated heterocycles. The van der Waals surface area contributed by atoms with Gasteiger partial charge in [0.25, 0.3) is 5.56 Å². The molecule has 7 nitrogen and oxygen atoms in total. The number of benzene rings is 2. The van der Waals surface area contributed by atoms with E-state index in [1.807, 2.05) is 31.3 Å². The molecular formula is C26H25F2N5O2. The number of nitrogens with zero attached hydrogens (tertiary/aromatic N) is 4. The predicted molar refractivity (Wildman–Crippen MR) is 129 cm³/mol. The average molecular weight is 478 g/mol. The van der Waals surface area contributed by atoms with Crippen LogP contribution in [0.3, 0.4) is 0 Å². The zero-order valence-electron chi connectivity index (χ0n) is 19.2. The van der Waals surface area contributed by atoms with E-state index in [4.69, 9.17) is 4.74 Å². The Hall–Kier alpha value is -3.98. The van der Waals surface area contributed by atoms with Crippen molar-refractivity contribution in [3.8, 4) is 28.4 Å². The van der Waals surface area contributed by atoms with Gasteiger partial charge >= 0.3 is 0 Å². The minimum absolute atomic E-state index is 0.173. The van der Waals surface area contributed by atoms with Gasteiger partial charge in [-0.1, -0.05) is 18.2 Å². The van der Waals surface area contributed by atoms with Gasteiger partial charge in [-0.15, -0.1) is 0 Å². The van der Waals surface area contributed by atoms with Crippen molar-refractivity contribution in [2.75, 3.05) is 20.2 Å². The topological polar surface area (TPSA) is 81.9 Å². The highest BCUT2D eigenvalue weighted by Gasteiger charge is 2.09. The first-order chi connectivity index (χ1) is 17.0. The first kappa shape index (κ1) is 24.2. The third-order valence-corrected chi connectivity index (χ3v) is 5.26. The summed E-state index contributed by atoms with van der Waals surface area (Å²) in [5.41, 5.74) is 1.79. The van der Waals surface area contributed by atoms with Crippen LogP contribution in [0.2, 0.25) is 0 Å². The number of ether oxygens (including phenoxy) is 1. The maximum absolute atomic E-state index is 13.6. The number of aromatic nitrogens is 4. The van der Waals surface area contributed by atoms with Crippen LogP contribution in [0.4, 0.5) is 8.78 Å². The molecule has 0 aliphatic rings. The molecule has 2 aromatic carbocycles. The number of rotatable bonds is 10. The number of nitrogens with one attached hydrogen (secondary N) is 1. The van der Waals surface area contributed by atoms with E-state index >= 15 is 0 Å². The Kier molecular flexibility index (Phi) is 7.89. The molecule has 2 aromatic heterocycles. The van der Waals surface area contributed by atoms with Crippen LogP contribution in [-0.2, 0) is 6.54 Å². The van der Waals surface area contributed by atoms with Crippen molar-refractivity contribution in [2.45, 2.75) is 19.4 Å². The highest BCUT2D eigenvalue weighted by Crippen LogP contribution is 2.20. The van der Waals surface area contributed by atoms with E-state index < -0.39 is 11.6 Å². The van der Waals surface area contributed by atoms with E-state index in [1.54, 1.807) is 12.4 Å². The molecule has 0 fully saturated rings. The Bertz CT molecular complexity index is 1320. The Morgan fingerprint density at radius 3 is 2.46 bits per heavy atom. The number of hydrogen-bond donors (Lipinski definition) is 1. The lowest BCUT2D eigenvalue weighted by molar-refractivity contribution is 0.304. The van der Waals surface area contributed by atoms with E-state index in [9.17, 15) is 13.6 Å². The third-order valence-electron chi connectivity index (χ3n) is 5.26. The van der Waals surface area contributed by atoms with Crippen LogP contribution in [0.25, 0.3) is 22.6 Å². The van der Waals surface area contributed by atoms with Gasteiger partial charge in [0.2, 0.25) is 0 Å². The van der Waals surface area contributed by atoms with Gasteiger partial charge in [0.15, 0.2) is 11.6 Å². The fraction of sp³-hybridized carbons (Fsp3) is 0.231. The third kappa shape index (κ3) is 6.54. The summed E-state index contributed by atoms with van der Waals surface area (Å²) < 4.78 is 34.2. The maximum Gasteiger partial charge on any atom is 0.267 e. The molecule has 180 valence electrons. The first-order valence-corrected chi connectivity index (χ1v) is 11.3. The molecule has 0 amide bonds. The van der Waals surface area contributed by atoms with E-state index in [2.05, 4.69) is 20.4 Å². The predicted octanol–water partition coefficient (Wildman–Crippen LogP) is 4.07. The molecule has 4 aromatic rings. The zero-order chi connectivity index (χ0) is 24.6. The SMILES string of the molecule is CNCCCCOc1cnc(-c2cccc(Cn3nc(-c4cc(F)cc(F)c4)ccc3=O)c2)nc1. The molecule has 0 radical (unpaired) electrons. The summed E-state index contributed by atoms with van der Waals surface area (Å²) in [6.45, 7) is 1.72. The fourth-order valence-corrected chi connectivity index (χ4v) is 3.53.